The molecule has 0 aliphatic heterocycles. The Morgan fingerprint density at radius 3 is 2.41 bits per heavy atom. The Hall–Kier alpha value is -3.23. The highest BCUT2D eigenvalue weighted by Crippen LogP contribution is 2.22. The molecule has 0 saturated carbocycles. The molecule has 0 spiro atoms. The molecule has 27 heavy (non-hydrogen) atoms. The number of pyridine rings is 1. The van der Waals surface area contributed by atoms with E-state index in [1.54, 1.807) is 44.8 Å². The number of hydrogen-bond donors (Lipinski definition) is 0. The number of ether oxygens (including phenoxy) is 1. The second kappa shape index (κ2) is 6.49. The number of carbonyl (C=O) groups excluding carboxylic acids is 1. The predicted molar refractivity (Wildman–Crippen MR) is 98.7 cm³/mol. The number of nitrogens with zero attached hydrogens (tertiary/aromatic N) is 5. The monoisotopic (exact) mass is 371 g/mol. The van der Waals surface area contributed by atoms with Crippen LogP contribution in [0.25, 0.3) is 11.2 Å². The Balaban J connectivity index is 2.06. The van der Waals surface area contributed by atoms with Gasteiger partial charge in [0.2, 0.25) is 0 Å². The zero-order valence-electron chi connectivity index (χ0n) is 16.1. The quantitative estimate of drug-likeness (QED) is 0.634. The Morgan fingerprint density at radius 2 is 1.78 bits per heavy atom. The molecule has 3 rings (SSSR count). The van der Waals surface area contributed by atoms with Crippen molar-refractivity contribution in [1.82, 2.24) is 23.7 Å². The van der Waals surface area contributed by atoms with Gasteiger partial charge in [0.25, 0.3) is 5.56 Å². The van der Waals surface area contributed by atoms with Gasteiger partial charge in [-0.15, -0.1) is 0 Å². The van der Waals surface area contributed by atoms with E-state index in [2.05, 4.69) is 9.97 Å². The van der Waals surface area contributed by atoms with Crippen molar-refractivity contribution in [3.8, 4) is 0 Å². The number of carbonyl (C=O) groups is 1. The third kappa shape index (κ3) is 2.84. The highest BCUT2D eigenvalue weighted by Gasteiger charge is 2.24. The largest absolute Gasteiger partial charge is 0.451 e. The summed E-state index contributed by atoms with van der Waals surface area (Å²) in [5.74, 6) is -0.143. The fourth-order valence-electron chi connectivity index (χ4n) is 3.17. The summed E-state index contributed by atoms with van der Waals surface area (Å²) in [5.41, 5.74) is 1.35. The molecule has 9 heteroatoms. The molecule has 0 fully saturated rings. The van der Waals surface area contributed by atoms with Gasteiger partial charge < -0.3 is 9.30 Å². The first kappa shape index (κ1) is 18.6. The molecule has 9 nitrogen and oxygen atoms in total. The van der Waals surface area contributed by atoms with Crippen molar-refractivity contribution >= 4 is 17.1 Å². The first-order valence-corrected chi connectivity index (χ1v) is 8.40. The summed E-state index contributed by atoms with van der Waals surface area (Å²) in [5, 5.41) is 0. The summed E-state index contributed by atoms with van der Waals surface area (Å²) in [7, 11) is 4.61. The number of aromatic nitrogens is 5. The third-order valence-corrected chi connectivity index (χ3v) is 4.71. The molecule has 3 aromatic rings. The zero-order chi connectivity index (χ0) is 20.0. The summed E-state index contributed by atoms with van der Waals surface area (Å²) < 4.78 is 9.45. The first-order chi connectivity index (χ1) is 12.6. The summed E-state index contributed by atoms with van der Waals surface area (Å²) in [6, 6.07) is 1.74. The van der Waals surface area contributed by atoms with E-state index < -0.39 is 23.3 Å². The average Bonchev–Trinajstić information content (AvgIpc) is 2.95. The molecule has 0 aliphatic rings. The molecule has 142 valence electrons. The maximum atomic E-state index is 12.6. The summed E-state index contributed by atoms with van der Waals surface area (Å²) in [6.07, 6.45) is 0.904. The number of hydrogen-bond acceptors (Lipinski definition) is 6. The molecule has 0 amide bonds. The van der Waals surface area contributed by atoms with Crippen molar-refractivity contribution in [2.75, 3.05) is 0 Å². The minimum atomic E-state index is -0.728. The molecule has 0 radical (unpaired) electrons. The number of rotatable bonds is 3. The summed E-state index contributed by atoms with van der Waals surface area (Å²) in [6.45, 7) is 5.22. The van der Waals surface area contributed by atoms with E-state index in [1.165, 1.54) is 11.6 Å². The molecule has 1 unspecified atom stereocenters. The number of fused-ring (bicyclic) bond motifs is 1. The van der Waals surface area contributed by atoms with Gasteiger partial charge in [-0.2, -0.15) is 0 Å². The molecule has 1 atom stereocenters. The fourth-order valence-corrected chi connectivity index (χ4v) is 3.17. The predicted octanol–water partition coefficient (Wildman–Crippen LogP) is 0.901. The van der Waals surface area contributed by atoms with Gasteiger partial charge in [0.1, 0.15) is 0 Å². The standard InChI is InChI=1S/C18H21N5O4/c1-9-7-8-19-10(2)12(9)17(25)27-11(3)14-20-15-13(21(14)4)16(24)23(6)18(26)22(15)5/h7-8,11H,1-6H3. The van der Waals surface area contributed by atoms with Crippen molar-refractivity contribution in [2.45, 2.75) is 26.9 Å². The van der Waals surface area contributed by atoms with Crippen LogP contribution in [0.5, 0.6) is 0 Å². The second-order valence-corrected chi connectivity index (χ2v) is 6.54. The van der Waals surface area contributed by atoms with Crippen LogP contribution in [0.4, 0.5) is 0 Å². The Morgan fingerprint density at radius 1 is 1.11 bits per heavy atom. The van der Waals surface area contributed by atoms with Crippen LogP contribution >= 0.6 is 0 Å². The zero-order valence-corrected chi connectivity index (χ0v) is 16.1. The molecule has 0 N–H and O–H groups in total. The van der Waals surface area contributed by atoms with Gasteiger partial charge in [-0.05, 0) is 32.4 Å². The number of imidazole rings is 1. The van der Waals surface area contributed by atoms with Gasteiger partial charge in [-0.25, -0.2) is 14.6 Å². The molecule has 0 bridgehead atoms. The first-order valence-electron chi connectivity index (χ1n) is 8.40. The van der Waals surface area contributed by atoms with Gasteiger partial charge in [0, 0.05) is 27.3 Å². The molecule has 3 aromatic heterocycles. The maximum absolute atomic E-state index is 12.6. The number of esters is 1. The molecular weight excluding hydrogens is 350 g/mol. The van der Waals surface area contributed by atoms with Gasteiger partial charge >= 0.3 is 11.7 Å². The normalized spacial score (nSPS) is 12.4. The summed E-state index contributed by atoms with van der Waals surface area (Å²) >= 11 is 0. The topological polar surface area (TPSA) is 101 Å². The lowest BCUT2D eigenvalue weighted by Crippen LogP contribution is -2.37. The second-order valence-electron chi connectivity index (χ2n) is 6.54. The van der Waals surface area contributed by atoms with Crippen molar-refractivity contribution < 1.29 is 9.53 Å². The smallest absolute Gasteiger partial charge is 0.340 e. The van der Waals surface area contributed by atoms with Crippen molar-refractivity contribution in [3.63, 3.8) is 0 Å². The van der Waals surface area contributed by atoms with Crippen LogP contribution < -0.4 is 11.2 Å². The highest BCUT2D eigenvalue weighted by atomic mass is 16.5. The third-order valence-electron chi connectivity index (χ3n) is 4.71. The van der Waals surface area contributed by atoms with Crippen LogP contribution in [0.1, 0.15) is 40.5 Å². The van der Waals surface area contributed by atoms with E-state index in [-0.39, 0.29) is 11.2 Å². The SMILES string of the molecule is Cc1ccnc(C)c1C(=O)OC(C)c1nc2c(c(=O)n(C)c(=O)n2C)n1C. The van der Waals surface area contributed by atoms with Crippen LogP contribution in [0.15, 0.2) is 21.9 Å². The molecular formula is C18H21N5O4. The van der Waals surface area contributed by atoms with Crippen molar-refractivity contribution in [1.29, 1.82) is 0 Å². The minimum absolute atomic E-state index is 0.247. The van der Waals surface area contributed by atoms with Crippen LogP contribution in [0.3, 0.4) is 0 Å². The molecule has 0 aromatic carbocycles. The van der Waals surface area contributed by atoms with Gasteiger partial charge in [-0.1, -0.05) is 0 Å². The lowest BCUT2D eigenvalue weighted by atomic mass is 10.1. The lowest BCUT2D eigenvalue weighted by molar-refractivity contribution is 0.0313. The van der Waals surface area contributed by atoms with Gasteiger partial charge in [0.05, 0.1) is 11.3 Å². The Labute approximate surface area is 154 Å². The van der Waals surface area contributed by atoms with E-state index in [1.807, 2.05) is 6.92 Å². The highest BCUT2D eigenvalue weighted by molar-refractivity contribution is 5.92. The van der Waals surface area contributed by atoms with Crippen molar-refractivity contribution in [3.05, 3.63) is 55.7 Å². The van der Waals surface area contributed by atoms with Gasteiger partial charge in [0.15, 0.2) is 23.1 Å². The Kier molecular flexibility index (Phi) is 4.46. The van der Waals surface area contributed by atoms with E-state index in [9.17, 15) is 14.4 Å². The number of aryl methyl sites for hydroxylation is 4. The average molecular weight is 371 g/mol. The van der Waals surface area contributed by atoms with Crippen LogP contribution in [0, 0.1) is 13.8 Å². The maximum Gasteiger partial charge on any atom is 0.340 e. The van der Waals surface area contributed by atoms with Crippen LogP contribution in [-0.2, 0) is 25.9 Å². The van der Waals surface area contributed by atoms with Crippen LogP contribution in [0.2, 0.25) is 0 Å². The molecule has 0 aliphatic carbocycles. The van der Waals surface area contributed by atoms with E-state index in [4.69, 9.17) is 4.74 Å². The summed E-state index contributed by atoms with van der Waals surface area (Å²) in [4.78, 5) is 45.7. The molecule has 0 saturated heterocycles. The van der Waals surface area contributed by atoms with Crippen molar-refractivity contribution in [2.24, 2.45) is 21.1 Å². The lowest BCUT2D eigenvalue weighted by Gasteiger charge is -2.15. The van der Waals surface area contributed by atoms with E-state index in [0.29, 0.717) is 17.1 Å². The molecule has 3 heterocycles. The fraction of sp³-hybridized carbons (Fsp3) is 0.389. The minimum Gasteiger partial charge on any atom is -0.451 e. The van der Waals surface area contributed by atoms with Crippen LogP contribution in [-0.4, -0.2) is 29.6 Å². The van der Waals surface area contributed by atoms with Gasteiger partial charge in [-0.3, -0.25) is 18.9 Å². The van der Waals surface area contributed by atoms with E-state index in [0.717, 1.165) is 10.1 Å². The Bertz CT molecular complexity index is 1160. The van der Waals surface area contributed by atoms with E-state index >= 15 is 0 Å².